The number of ketones is 1. The molecular weight excluding hydrogens is 214 g/mol. The van der Waals surface area contributed by atoms with Crippen LogP contribution in [-0.2, 0) is 9.53 Å². The summed E-state index contributed by atoms with van der Waals surface area (Å²) < 4.78 is 5.98. The molecule has 1 saturated heterocycles. The predicted molar refractivity (Wildman–Crippen MR) is 69.8 cm³/mol. The van der Waals surface area contributed by atoms with Crippen LogP contribution in [0.3, 0.4) is 0 Å². The summed E-state index contributed by atoms with van der Waals surface area (Å²) in [6.07, 6.45) is 2.64. The Morgan fingerprint density at radius 1 is 1.41 bits per heavy atom. The van der Waals surface area contributed by atoms with Gasteiger partial charge in [-0.1, -0.05) is 6.92 Å². The lowest BCUT2D eigenvalue weighted by atomic mass is 9.79. The van der Waals surface area contributed by atoms with Crippen molar-refractivity contribution < 1.29 is 9.53 Å². The van der Waals surface area contributed by atoms with E-state index in [1.165, 1.54) is 0 Å². The number of hydrogen-bond acceptors (Lipinski definition) is 3. The second-order valence-corrected chi connectivity index (χ2v) is 6.46. The van der Waals surface area contributed by atoms with Crippen molar-refractivity contribution in [3.63, 3.8) is 0 Å². The highest BCUT2D eigenvalue weighted by molar-refractivity contribution is 5.84. The van der Waals surface area contributed by atoms with Gasteiger partial charge in [-0.2, -0.15) is 0 Å². The first kappa shape index (κ1) is 14.7. The van der Waals surface area contributed by atoms with Crippen molar-refractivity contribution in [3.05, 3.63) is 0 Å². The molecule has 1 fully saturated rings. The summed E-state index contributed by atoms with van der Waals surface area (Å²) in [7, 11) is 0. The van der Waals surface area contributed by atoms with Crippen LogP contribution in [0.4, 0.5) is 0 Å². The predicted octanol–water partition coefficient (Wildman–Crippen LogP) is 2.52. The fourth-order valence-corrected chi connectivity index (χ4v) is 2.92. The Kier molecular flexibility index (Phi) is 4.37. The number of rotatable bonds is 5. The molecule has 2 unspecified atom stereocenters. The average Bonchev–Trinajstić information content (AvgIpc) is 2.42. The molecule has 0 aliphatic carbocycles. The lowest BCUT2D eigenvalue weighted by molar-refractivity contribution is -0.133. The first-order valence-corrected chi connectivity index (χ1v) is 6.63. The topological polar surface area (TPSA) is 52.3 Å². The first-order chi connectivity index (χ1) is 7.69. The zero-order valence-corrected chi connectivity index (χ0v) is 11.9. The molecule has 17 heavy (non-hydrogen) atoms. The Morgan fingerprint density at radius 3 is 2.41 bits per heavy atom. The number of ether oxygens (including phenoxy) is 1. The van der Waals surface area contributed by atoms with Crippen LogP contribution < -0.4 is 5.73 Å². The van der Waals surface area contributed by atoms with Crippen molar-refractivity contribution in [1.82, 2.24) is 0 Å². The van der Waals surface area contributed by atoms with Gasteiger partial charge >= 0.3 is 0 Å². The van der Waals surface area contributed by atoms with Gasteiger partial charge in [0.05, 0.1) is 11.2 Å². The standard InChI is InChI=1S/C14H27NO2/c1-10(7-6-8-15)12(16)11-9-13(2,3)17-14(11,4)5/h10-11H,6-9,15H2,1-5H3. The van der Waals surface area contributed by atoms with Gasteiger partial charge in [-0.25, -0.2) is 0 Å². The Balaban J connectivity index is 2.69. The van der Waals surface area contributed by atoms with Gasteiger partial charge in [0.15, 0.2) is 0 Å². The summed E-state index contributed by atoms with van der Waals surface area (Å²) >= 11 is 0. The Labute approximate surface area is 105 Å². The molecule has 0 amide bonds. The van der Waals surface area contributed by atoms with Crippen molar-refractivity contribution >= 4 is 5.78 Å². The molecule has 2 atom stereocenters. The Hall–Kier alpha value is -0.410. The summed E-state index contributed by atoms with van der Waals surface area (Å²) in [5.41, 5.74) is 4.97. The summed E-state index contributed by atoms with van der Waals surface area (Å²) in [5, 5.41) is 0. The highest BCUT2D eigenvalue weighted by Crippen LogP contribution is 2.43. The van der Waals surface area contributed by atoms with Crippen LogP contribution in [0, 0.1) is 11.8 Å². The van der Waals surface area contributed by atoms with Crippen LogP contribution in [0.5, 0.6) is 0 Å². The molecule has 100 valence electrons. The van der Waals surface area contributed by atoms with Crippen LogP contribution >= 0.6 is 0 Å². The number of carbonyl (C=O) groups is 1. The van der Waals surface area contributed by atoms with Gasteiger partial charge in [0.25, 0.3) is 0 Å². The monoisotopic (exact) mass is 241 g/mol. The smallest absolute Gasteiger partial charge is 0.141 e. The number of carbonyl (C=O) groups excluding carboxylic acids is 1. The summed E-state index contributed by atoms with van der Waals surface area (Å²) in [6.45, 7) is 10.9. The quantitative estimate of drug-likeness (QED) is 0.804. The van der Waals surface area contributed by atoms with Crippen LogP contribution in [0.25, 0.3) is 0 Å². The average molecular weight is 241 g/mol. The first-order valence-electron chi connectivity index (χ1n) is 6.63. The normalized spacial score (nSPS) is 28.0. The zero-order chi connectivity index (χ0) is 13.3. The molecule has 3 nitrogen and oxygen atoms in total. The van der Waals surface area contributed by atoms with E-state index in [0.717, 1.165) is 19.3 Å². The van der Waals surface area contributed by atoms with E-state index in [2.05, 4.69) is 13.8 Å². The maximum atomic E-state index is 12.4. The maximum Gasteiger partial charge on any atom is 0.141 e. The van der Waals surface area contributed by atoms with Gasteiger partial charge in [-0.05, 0) is 53.5 Å². The van der Waals surface area contributed by atoms with Crippen LogP contribution in [0.2, 0.25) is 0 Å². The number of hydrogen-bond donors (Lipinski definition) is 1. The van der Waals surface area contributed by atoms with E-state index in [1.807, 2.05) is 20.8 Å². The molecule has 1 aliphatic rings. The fourth-order valence-electron chi connectivity index (χ4n) is 2.92. The molecule has 2 N–H and O–H groups in total. The Morgan fingerprint density at radius 2 is 2.00 bits per heavy atom. The lowest BCUT2D eigenvalue weighted by Crippen LogP contribution is -2.36. The third kappa shape index (κ3) is 3.52. The van der Waals surface area contributed by atoms with Gasteiger partial charge in [0.2, 0.25) is 0 Å². The molecule has 0 aromatic heterocycles. The summed E-state index contributed by atoms with van der Waals surface area (Å²) in [6, 6.07) is 0. The van der Waals surface area contributed by atoms with Crippen molar-refractivity contribution in [2.75, 3.05) is 6.54 Å². The molecule has 0 aromatic rings. The van der Waals surface area contributed by atoms with E-state index in [0.29, 0.717) is 12.3 Å². The molecule has 0 radical (unpaired) electrons. The summed E-state index contributed by atoms with van der Waals surface area (Å²) in [4.78, 5) is 12.4. The molecule has 0 saturated carbocycles. The van der Waals surface area contributed by atoms with E-state index < -0.39 is 0 Å². The molecule has 0 spiro atoms. The largest absolute Gasteiger partial charge is 0.369 e. The van der Waals surface area contributed by atoms with Gasteiger partial charge in [0.1, 0.15) is 5.78 Å². The van der Waals surface area contributed by atoms with Gasteiger partial charge < -0.3 is 10.5 Å². The highest BCUT2D eigenvalue weighted by Gasteiger charge is 2.49. The third-order valence-electron chi connectivity index (χ3n) is 3.74. The molecule has 1 rings (SSSR count). The van der Waals surface area contributed by atoms with Gasteiger partial charge in [0, 0.05) is 11.8 Å². The van der Waals surface area contributed by atoms with Crippen molar-refractivity contribution in [2.45, 2.75) is 65.1 Å². The third-order valence-corrected chi connectivity index (χ3v) is 3.74. The van der Waals surface area contributed by atoms with Crippen LogP contribution in [-0.4, -0.2) is 23.5 Å². The molecule has 1 aliphatic heterocycles. The van der Waals surface area contributed by atoms with Gasteiger partial charge in [-0.15, -0.1) is 0 Å². The molecule has 0 aromatic carbocycles. The van der Waals surface area contributed by atoms with Crippen molar-refractivity contribution in [1.29, 1.82) is 0 Å². The SMILES string of the molecule is CC(CCCN)C(=O)C1CC(C)(C)OC1(C)C. The van der Waals surface area contributed by atoms with E-state index >= 15 is 0 Å². The van der Waals surface area contributed by atoms with Crippen molar-refractivity contribution in [2.24, 2.45) is 17.6 Å². The highest BCUT2D eigenvalue weighted by atomic mass is 16.5. The second-order valence-electron chi connectivity index (χ2n) is 6.46. The molecule has 0 bridgehead atoms. The van der Waals surface area contributed by atoms with E-state index in [9.17, 15) is 4.79 Å². The molecule has 1 heterocycles. The van der Waals surface area contributed by atoms with Gasteiger partial charge in [-0.3, -0.25) is 4.79 Å². The van der Waals surface area contributed by atoms with E-state index in [4.69, 9.17) is 10.5 Å². The van der Waals surface area contributed by atoms with Crippen molar-refractivity contribution in [3.8, 4) is 0 Å². The van der Waals surface area contributed by atoms with Crippen LogP contribution in [0.15, 0.2) is 0 Å². The minimum atomic E-state index is -0.336. The van der Waals surface area contributed by atoms with Crippen LogP contribution in [0.1, 0.15) is 53.9 Å². The summed E-state index contributed by atoms with van der Waals surface area (Å²) in [5.74, 6) is 0.458. The minimum Gasteiger partial charge on any atom is -0.369 e. The second kappa shape index (κ2) is 5.07. The Bertz CT molecular complexity index is 284. The molecular formula is C14H27NO2. The zero-order valence-electron chi connectivity index (χ0n) is 11.9. The number of Topliss-reactive ketones (excluding diaryl/α,β-unsaturated/α-hetero) is 1. The lowest BCUT2D eigenvalue weighted by Gasteiger charge is -2.28. The minimum absolute atomic E-state index is 0.0188. The van der Waals surface area contributed by atoms with E-state index in [1.54, 1.807) is 0 Å². The number of nitrogens with two attached hydrogens (primary N) is 1. The van der Waals surface area contributed by atoms with E-state index in [-0.39, 0.29) is 23.0 Å². The molecule has 3 heteroatoms. The maximum absolute atomic E-state index is 12.4. The fraction of sp³-hybridized carbons (Fsp3) is 0.929.